The number of sulfonamides is 1. The zero-order valence-electron chi connectivity index (χ0n) is 9.97. The molecule has 1 fully saturated rings. The molecule has 1 N–H and O–H groups in total. The minimum absolute atomic E-state index is 0.185. The summed E-state index contributed by atoms with van der Waals surface area (Å²) in [6, 6.07) is 2.12. The molecule has 1 aliphatic rings. The highest BCUT2D eigenvalue weighted by Gasteiger charge is 2.30. The van der Waals surface area contributed by atoms with Crippen LogP contribution in [-0.2, 0) is 10.0 Å². The molecule has 6 heteroatoms. The predicted octanol–water partition coefficient (Wildman–Crippen LogP) is 0.996. The Labute approximate surface area is 97.5 Å². The molecule has 0 radical (unpaired) electrons. The number of hydrogen-bond acceptors (Lipinski definition) is 4. The molecule has 0 aromatic heterocycles. The Morgan fingerprint density at radius 3 is 2.31 bits per heavy atom. The van der Waals surface area contributed by atoms with Crippen molar-refractivity contribution in [3.05, 3.63) is 0 Å². The van der Waals surface area contributed by atoms with Crippen molar-refractivity contribution in [2.45, 2.75) is 57.4 Å². The summed E-state index contributed by atoms with van der Waals surface area (Å²) in [6.07, 6.45) is 3.08. The predicted molar refractivity (Wildman–Crippen MR) is 61.7 cm³/mol. The SMILES string of the molecule is CC1CCCC(C)N1NS(=O)(=O)C(C)C#N. The zero-order valence-corrected chi connectivity index (χ0v) is 10.8. The molecule has 92 valence electrons. The number of hydrazine groups is 1. The Kier molecular flexibility index (Phi) is 4.30. The van der Waals surface area contributed by atoms with Gasteiger partial charge in [0.2, 0.25) is 10.0 Å². The van der Waals surface area contributed by atoms with E-state index in [9.17, 15) is 8.42 Å². The number of nitrogens with one attached hydrogen (secondary N) is 1. The largest absolute Gasteiger partial charge is 0.240 e. The van der Waals surface area contributed by atoms with Crippen LogP contribution in [0.2, 0.25) is 0 Å². The van der Waals surface area contributed by atoms with Gasteiger partial charge in [0.1, 0.15) is 0 Å². The average Bonchev–Trinajstić information content (AvgIpc) is 2.22. The van der Waals surface area contributed by atoms with Crippen LogP contribution < -0.4 is 4.83 Å². The standard InChI is InChI=1S/C10H19N3O2S/c1-8-5-4-6-9(2)13(8)12-16(14,15)10(3)7-11/h8-10,12H,4-6H2,1-3H3. The fourth-order valence-corrected chi connectivity index (χ4v) is 2.85. The van der Waals surface area contributed by atoms with Gasteiger partial charge in [0.25, 0.3) is 0 Å². The minimum atomic E-state index is -3.56. The monoisotopic (exact) mass is 245 g/mol. The van der Waals surface area contributed by atoms with Gasteiger partial charge in [0.15, 0.2) is 5.25 Å². The van der Waals surface area contributed by atoms with Gasteiger partial charge in [0, 0.05) is 12.1 Å². The second-order valence-electron chi connectivity index (χ2n) is 4.44. The van der Waals surface area contributed by atoms with Crippen molar-refractivity contribution < 1.29 is 8.42 Å². The van der Waals surface area contributed by atoms with E-state index in [4.69, 9.17) is 5.26 Å². The van der Waals surface area contributed by atoms with Gasteiger partial charge in [-0.2, -0.15) is 5.26 Å². The summed E-state index contributed by atoms with van der Waals surface area (Å²) in [5.74, 6) is 0. The summed E-state index contributed by atoms with van der Waals surface area (Å²) < 4.78 is 23.5. The van der Waals surface area contributed by atoms with Gasteiger partial charge >= 0.3 is 0 Å². The molecular formula is C10H19N3O2S. The van der Waals surface area contributed by atoms with E-state index in [-0.39, 0.29) is 12.1 Å². The van der Waals surface area contributed by atoms with Gasteiger partial charge in [-0.05, 0) is 33.6 Å². The van der Waals surface area contributed by atoms with Crippen LogP contribution >= 0.6 is 0 Å². The number of hydrogen-bond donors (Lipinski definition) is 1. The van der Waals surface area contributed by atoms with E-state index in [1.54, 1.807) is 11.1 Å². The molecule has 1 rings (SSSR count). The number of rotatable bonds is 3. The summed E-state index contributed by atoms with van der Waals surface area (Å²) in [4.78, 5) is 2.53. The van der Waals surface area contributed by atoms with Crippen LogP contribution in [0, 0.1) is 11.3 Å². The maximum atomic E-state index is 11.7. The highest BCUT2D eigenvalue weighted by atomic mass is 32.2. The van der Waals surface area contributed by atoms with Crippen LogP contribution in [0.25, 0.3) is 0 Å². The van der Waals surface area contributed by atoms with Crippen LogP contribution in [0.15, 0.2) is 0 Å². The maximum absolute atomic E-state index is 11.7. The topological polar surface area (TPSA) is 73.2 Å². The van der Waals surface area contributed by atoms with Crippen LogP contribution in [-0.4, -0.2) is 30.8 Å². The molecule has 0 aliphatic carbocycles. The van der Waals surface area contributed by atoms with Crippen molar-refractivity contribution >= 4 is 10.0 Å². The third-order valence-electron chi connectivity index (χ3n) is 3.07. The van der Waals surface area contributed by atoms with E-state index in [1.165, 1.54) is 6.92 Å². The van der Waals surface area contributed by atoms with Crippen LogP contribution in [0.3, 0.4) is 0 Å². The molecule has 1 heterocycles. The molecule has 3 unspecified atom stereocenters. The lowest BCUT2D eigenvalue weighted by Crippen LogP contribution is -2.55. The molecule has 0 saturated carbocycles. The minimum Gasteiger partial charge on any atom is -0.225 e. The Bertz CT molecular complexity index is 364. The van der Waals surface area contributed by atoms with Crippen molar-refractivity contribution in [3.8, 4) is 6.07 Å². The Morgan fingerprint density at radius 1 is 1.38 bits per heavy atom. The summed E-state index contributed by atoms with van der Waals surface area (Å²) in [7, 11) is -3.56. The smallest absolute Gasteiger partial charge is 0.225 e. The van der Waals surface area contributed by atoms with E-state index in [1.807, 2.05) is 13.8 Å². The van der Waals surface area contributed by atoms with Crippen molar-refractivity contribution in [3.63, 3.8) is 0 Å². The number of nitrogens with zero attached hydrogens (tertiary/aromatic N) is 2. The summed E-state index contributed by atoms with van der Waals surface area (Å²) in [5, 5.41) is 9.38. The van der Waals surface area contributed by atoms with Gasteiger partial charge in [-0.25, -0.2) is 13.4 Å². The molecule has 5 nitrogen and oxygen atoms in total. The first-order valence-electron chi connectivity index (χ1n) is 5.57. The van der Waals surface area contributed by atoms with Crippen molar-refractivity contribution in [2.75, 3.05) is 0 Å². The quantitative estimate of drug-likeness (QED) is 0.805. The van der Waals surface area contributed by atoms with Crippen LogP contribution in [0.1, 0.15) is 40.0 Å². The third kappa shape index (κ3) is 2.94. The Morgan fingerprint density at radius 2 is 1.88 bits per heavy atom. The van der Waals surface area contributed by atoms with Gasteiger partial charge in [0.05, 0.1) is 6.07 Å². The zero-order chi connectivity index (χ0) is 12.3. The second kappa shape index (κ2) is 5.13. The van der Waals surface area contributed by atoms with Gasteiger partial charge < -0.3 is 0 Å². The number of piperidine rings is 1. The first-order valence-corrected chi connectivity index (χ1v) is 7.12. The van der Waals surface area contributed by atoms with E-state index < -0.39 is 15.3 Å². The molecule has 0 aromatic rings. The number of nitriles is 1. The summed E-state index contributed by atoms with van der Waals surface area (Å²) in [6.45, 7) is 5.38. The maximum Gasteiger partial charge on any atom is 0.240 e. The molecular weight excluding hydrogens is 226 g/mol. The lowest BCUT2D eigenvalue weighted by molar-refractivity contribution is 0.0789. The fourth-order valence-electron chi connectivity index (χ4n) is 1.90. The normalized spacial score (nSPS) is 29.6. The van der Waals surface area contributed by atoms with Crippen molar-refractivity contribution in [1.82, 2.24) is 9.84 Å². The van der Waals surface area contributed by atoms with Gasteiger partial charge in [-0.15, -0.1) is 4.83 Å². The van der Waals surface area contributed by atoms with E-state index >= 15 is 0 Å². The molecule has 3 atom stereocenters. The second-order valence-corrected chi connectivity index (χ2v) is 6.42. The molecule has 1 aliphatic heterocycles. The van der Waals surface area contributed by atoms with Gasteiger partial charge in [-0.3, -0.25) is 0 Å². The highest BCUT2D eigenvalue weighted by Crippen LogP contribution is 2.21. The summed E-state index contributed by atoms with van der Waals surface area (Å²) in [5.41, 5.74) is 0. The first kappa shape index (κ1) is 13.4. The average molecular weight is 245 g/mol. The molecule has 16 heavy (non-hydrogen) atoms. The Balaban J connectivity index is 2.76. The molecule has 0 aromatic carbocycles. The molecule has 0 spiro atoms. The van der Waals surface area contributed by atoms with Crippen molar-refractivity contribution in [2.24, 2.45) is 0 Å². The van der Waals surface area contributed by atoms with Crippen LogP contribution in [0.4, 0.5) is 0 Å². The molecule has 1 saturated heterocycles. The summed E-state index contributed by atoms with van der Waals surface area (Å²) >= 11 is 0. The van der Waals surface area contributed by atoms with Crippen LogP contribution in [0.5, 0.6) is 0 Å². The fraction of sp³-hybridized carbons (Fsp3) is 0.900. The lowest BCUT2D eigenvalue weighted by Gasteiger charge is -2.38. The van der Waals surface area contributed by atoms with Gasteiger partial charge in [-0.1, -0.05) is 6.42 Å². The first-order chi connectivity index (χ1) is 7.38. The van der Waals surface area contributed by atoms with E-state index in [0.29, 0.717) is 0 Å². The lowest BCUT2D eigenvalue weighted by atomic mass is 10.0. The third-order valence-corrected chi connectivity index (χ3v) is 4.58. The Hall–Kier alpha value is -0.640. The molecule has 0 amide bonds. The van der Waals surface area contributed by atoms with E-state index in [0.717, 1.165) is 19.3 Å². The van der Waals surface area contributed by atoms with E-state index in [2.05, 4.69) is 4.83 Å². The van der Waals surface area contributed by atoms with Crippen molar-refractivity contribution in [1.29, 1.82) is 5.26 Å². The highest BCUT2D eigenvalue weighted by molar-refractivity contribution is 7.90. The molecule has 0 bridgehead atoms.